The first-order valence-electron chi connectivity index (χ1n) is 6.93. The molecule has 0 N–H and O–H groups in total. The second-order valence-electron chi connectivity index (χ2n) is 4.68. The van der Waals surface area contributed by atoms with Gasteiger partial charge in [0.2, 0.25) is 0 Å². The van der Waals surface area contributed by atoms with E-state index >= 15 is 0 Å². The predicted octanol–water partition coefficient (Wildman–Crippen LogP) is 5.33. The molecule has 0 saturated heterocycles. The van der Waals surface area contributed by atoms with Gasteiger partial charge in [0.1, 0.15) is 11.5 Å². The molecule has 0 saturated carbocycles. The second kappa shape index (κ2) is 8.11. The van der Waals surface area contributed by atoms with Crippen molar-refractivity contribution in [3.8, 4) is 11.5 Å². The summed E-state index contributed by atoms with van der Waals surface area (Å²) in [5, 5.41) is 0.741. The van der Waals surface area contributed by atoms with Crippen molar-refractivity contribution in [3.63, 3.8) is 0 Å². The molecule has 2 aromatic rings. The van der Waals surface area contributed by atoms with Crippen molar-refractivity contribution in [2.24, 2.45) is 0 Å². The Kier molecular flexibility index (Phi) is 6.17. The Bertz CT molecular complexity index is 582. The van der Waals surface area contributed by atoms with Gasteiger partial charge in [-0.05, 0) is 41.8 Å². The summed E-state index contributed by atoms with van der Waals surface area (Å²) in [5.41, 5.74) is 3.04. The largest absolute Gasteiger partial charge is 0.497 e. The highest BCUT2D eigenvalue weighted by molar-refractivity contribution is 6.34. The molecule has 0 radical (unpaired) electrons. The average Bonchev–Trinajstić information content (AvgIpc) is 2.56. The van der Waals surface area contributed by atoms with Gasteiger partial charge in [-0.3, -0.25) is 0 Å². The van der Waals surface area contributed by atoms with E-state index in [2.05, 4.69) is 0 Å². The molecule has 0 atom stereocenters. The molecular weight excluding hydrogens is 319 g/mol. The minimum absolute atomic E-state index is 0.481. The molecule has 0 fully saturated rings. The number of rotatable bonds is 6. The summed E-state index contributed by atoms with van der Waals surface area (Å²) in [6.45, 7) is 0. The number of benzene rings is 2. The summed E-state index contributed by atoms with van der Waals surface area (Å²) in [7, 11) is 3.30. The van der Waals surface area contributed by atoms with Crippen molar-refractivity contribution >= 4 is 28.8 Å². The summed E-state index contributed by atoms with van der Waals surface area (Å²) in [6.07, 6.45) is 0.622. The minimum atomic E-state index is 0.481. The van der Waals surface area contributed by atoms with Gasteiger partial charge in [0.15, 0.2) is 0 Å². The van der Waals surface area contributed by atoms with Gasteiger partial charge in [-0.25, -0.2) is 0 Å². The Morgan fingerprint density at radius 3 is 1.55 bits per heavy atom. The summed E-state index contributed by atoms with van der Waals surface area (Å²) in [4.78, 5) is 0. The molecule has 0 aliphatic heterocycles. The van der Waals surface area contributed by atoms with Gasteiger partial charge in [-0.2, -0.15) is 0 Å². The Morgan fingerprint density at radius 2 is 1.23 bits per heavy atom. The fourth-order valence-corrected chi connectivity index (χ4v) is 2.80. The lowest BCUT2D eigenvalue weighted by Crippen LogP contribution is -1.93. The van der Waals surface area contributed by atoms with E-state index in [9.17, 15) is 0 Å². The van der Waals surface area contributed by atoms with Gasteiger partial charge < -0.3 is 9.47 Å². The fraction of sp³-hybridized carbons (Fsp3) is 0.222. The molecule has 0 spiro atoms. The third kappa shape index (κ3) is 3.96. The highest BCUT2D eigenvalue weighted by atomic mass is 35.5. The molecule has 0 aromatic heterocycles. The molecule has 0 amide bonds. The van der Waals surface area contributed by atoms with Crippen molar-refractivity contribution in [1.82, 2.24) is 0 Å². The molecule has 116 valence electrons. The molecule has 0 aliphatic rings. The smallest absolute Gasteiger partial charge is 0.118 e. The number of halogens is 2. The molecule has 0 bridgehead atoms. The van der Waals surface area contributed by atoms with Crippen LogP contribution in [0, 0.1) is 0 Å². The lowest BCUT2D eigenvalue weighted by atomic mass is 9.96. The first-order valence-corrected chi connectivity index (χ1v) is 7.84. The monoisotopic (exact) mass is 336 g/mol. The van der Waals surface area contributed by atoms with Crippen LogP contribution in [0.15, 0.2) is 53.6 Å². The second-order valence-corrected chi connectivity index (χ2v) is 5.51. The molecule has 2 rings (SSSR count). The van der Waals surface area contributed by atoms with E-state index in [-0.39, 0.29) is 0 Å². The van der Waals surface area contributed by atoms with E-state index in [0.29, 0.717) is 12.3 Å². The summed E-state index contributed by atoms with van der Waals surface area (Å²) < 4.78 is 10.4. The van der Waals surface area contributed by atoms with Gasteiger partial charge in [-0.1, -0.05) is 35.9 Å². The van der Waals surface area contributed by atoms with Crippen molar-refractivity contribution in [3.05, 3.63) is 64.7 Å². The Balaban J connectivity index is 2.47. The summed E-state index contributed by atoms with van der Waals surface area (Å²) in [5.74, 6) is 2.10. The lowest BCUT2D eigenvalue weighted by molar-refractivity contribution is 0.414. The number of allylic oxidation sites excluding steroid dienone is 1. The molecule has 0 heterocycles. The Hall–Kier alpha value is -1.64. The number of ether oxygens (including phenoxy) is 2. The van der Waals surface area contributed by atoms with Gasteiger partial charge >= 0.3 is 0 Å². The molecule has 2 aromatic carbocycles. The third-order valence-electron chi connectivity index (χ3n) is 3.34. The van der Waals surface area contributed by atoms with Crippen LogP contribution in [-0.4, -0.2) is 20.1 Å². The molecule has 4 heteroatoms. The lowest BCUT2D eigenvalue weighted by Gasteiger charge is -2.13. The van der Waals surface area contributed by atoms with E-state index < -0.39 is 0 Å². The van der Waals surface area contributed by atoms with Gasteiger partial charge in [0.05, 0.1) is 14.2 Å². The molecule has 0 aliphatic carbocycles. The van der Waals surface area contributed by atoms with E-state index in [0.717, 1.165) is 33.2 Å². The average molecular weight is 337 g/mol. The Morgan fingerprint density at radius 1 is 0.818 bits per heavy atom. The maximum absolute atomic E-state index is 6.50. The van der Waals surface area contributed by atoms with Crippen LogP contribution in [0.25, 0.3) is 5.57 Å². The Labute approximate surface area is 141 Å². The van der Waals surface area contributed by atoms with Crippen LogP contribution in [0.4, 0.5) is 0 Å². The first kappa shape index (κ1) is 16.7. The highest BCUT2D eigenvalue weighted by Crippen LogP contribution is 2.32. The fourth-order valence-electron chi connectivity index (χ4n) is 2.20. The van der Waals surface area contributed by atoms with Crippen LogP contribution in [0.5, 0.6) is 11.5 Å². The van der Waals surface area contributed by atoms with Crippen LogP contribution in [0.1, 0.15) is 17.5 Å². The van der Waals surface area contributed by atoms with Crippen LogP contribution < -0.4 is 9.47 Å². The van der Waals surface area contributed by atoms with Crippen molar-refractivity contribution < 1.29 is 9.47 Å². The van der Waals surface area contributed by atoms with Gasteiger partial charge in [0.25, 0.3) is 0 Å². The third-order valence-corrected chi connectivity index (χ3v) is 3.91. The maximum atomic E-state index is 6.50. The number of methoxy groups -OCH3 is 2. The molecule has 22 heavy (non-hydrogen) atoms. The zero-order chi connectivity index (χ0) is 15.9. The standard InChI is InChI=1S/C18H18Cl2O2/c1-21-15-7-3-13(4-8-15)18(17(20)11-12-19)14-5-9-16(22-2)10-6-14/h3-10H,11-12H2,1-2H3. The molecule has 2 nitrogen and oxygen atoms in total. The van der Waals surface area contributed by atoms with Crippen LogP contribution in [0.3, 0.4) is 0 Å². The van der Waals surface area contributed by atoms with Gasteiger partial charge in [-0.15, -0.1) is 11.6 Å². The maximum Gasteiger partial charge on any atom is 0.118 e. The van der Waals surface area contributed by atoms with E-state index in [1.54, 1.807) is 14.2 Å². The van der Waals surface area contributed by atoms with Crippen LogP contribution in [-0.2, 0) is 0 Å². The van der Waals surface area contributed by atoms with Crippen molar-refractivity contribution in [2.45, 2.75) is 6.42 Å². The first-order chi connectivity index (χ1) is 10.7. The van der Waals surface area contributed by atoms with Crippen LogP contribution >= 0.6 is 23.2 Å². The topological polar surface area (TPSA) is 18.5 Å². The quantitative estimate of drug-likeness (QED) is 0.663. The van der Waals surface area contributed by atoms with Crippen LogP contribution in [0.2, 0.25) is 0 Å². The zero-order valence-corrected chi connectivity index (χ0v) is 14.1. The zero-order valence-electron chi connectivity index (χ0n) is 12.6. The van der Waals surface area contributed by atoms with E-state index in [4.69, 9.17) is 32.7 Å². The number of alkyl halides is 1. The minimum Gasteiger partial charge on any atom is -0.497 e. The van der Waals surface area contributed by atoms with Crippen molar-refractivity contribution in [1.29, 1.82) is 0 Å². The van der Waals surface area contributed by atoms with Gasteiger partial charge in [0, 0.05) is 16.5 Å². The number of hydrogen-bond acceptors (Lipinski definition) is 2. The summed E-state index contributed by atoms with van der Waals surface area (Å²) >= 11 is 12.3. The molecular formula is C18H18Cl2O2. The SMILES string of the molecule is COc1ccc(C(=C(Cl)CCCl)c2ccc(OC)cc2)cc1. The molecule has 0 unspecified atom stereocenters. The normalized spacial score (nSPS) is 10.2. The highest BCUT2D eigenvalue weighted by Gasteiger charge is 2.11. The predicted molar refractivity (Wildman–Crippen MR) is 93.2 cm³/mol. The summed E-state index contributed by atoms with van der Waals surface area (Å²) in [6, 6.07) is 15.7. The number of hydrogen-bond donors (Lipinski definition) is 0. The van der Waals surface area contributed by atoms with E-state index in [1.165, 1.54) is 0 Å². The van der Waals surface area contributed by atoms with Crippen molar-refractivity contribution in [2.75, 3.05) is 20.1 Å². The van der Waals surface area contributed by atoms with E-state index in [1.807, 2.05) is 48.5 Å².